The molecule has 8 heteroatoms. The lowest BCUT2D eigenvalue weighted by Gasteiger charge is -2.20. The third kappa shape index (κ3) is 3.38. The molecule has 1 aliphatic heterocycles. The number of nitrogens with zero attached hydrogens (tertiary/aromatic N) is 6. The van der Waals surface area contributed by atoms with Crippen LogP contribution in [0.15, 0.2) is 30.7 Å². The molecule has 1 fully saturated rings. The Morgan fingerprint density at radius 1 is 1.22 bits per heavy atom. The molecule has 142 valence electrons. The molecule has 8 nitrogen and oxygen atoms in total. The van der Waals surface area contributed by atoms with E-state index in [1.807, 2.05) is 25.4 Å². The number of pyridine rings is 1. The van der Waals surface area contributed by atoms with Gasteiger partial charge in [0.25, 0.3) is 0 Å². The minimum atomic E-state index is 0.107. The van der Waals surface area contributed by atoms with Gasteiger partial charge in [0.15, 0.2) is 11.5 Å². The molecule has 4 rings (SSSR count). The molecule has 4 heterocycles. The molecule has 3 aromatic rings. The van der Waals surface area contributed by atoms with Gasteiger partial charge >= 0.3 is 0 Å². The lowest BCUT2D eigenvalue weighted by atomic mass is 10.2. The van der Waals surface area contributed by atoms with Gasteiger partial charge in [0.05, 0.1) is 23.7 Å². The van der Waals surface area contributed by atoms with E-state index in [4.69, 9.17) is 14.7 Å². The molecule has 1 saturated heterocycles. The minimum absolute atomic E-state index is 0.107. The van der Waals surface area contributed by atoms with E-state index < -0.39 is 0 Å². The summed E-state index contributed by atoms with van der Waals surface area (Å²) in [6, 6.07) is 4.47. The maximum atomic E-state index is 5.73. The molecule has 0 amide bonds. The number of rotatable bonds is 5. The van der Waals surface area contributed by atoms with Crippen LogP contribution < -0.4 is 5.32 Å². The SMILES string of the molecule is CO[C@H]1CN(C(C)C)C[C@@H]1Nc1nc(-c2cccnc2)nc2c1cnn2C. The fourth-order valence-electron chi connectivity index (χ4n) is 3.53. The normalized spacial score (nSPS) is 20.6. The van der Waals surface area contributed by atoms with Crippen molar-refractivity contribution in [3.63, 3.8) is 0 Å². The number of aryl methyl sites for hydroxylation is 1. The molecule has 1 aliphatic rings. The van der Waals surface area contributed by atoms with Gasteiger partial charge in [-0.3, -0.25) is 14.6 Å². The van der Waals surface area contributed by atoms with Crippen LogP contribution in [0.1, 0.15) is 13.8 Å². The van der Waals surface area contributed by atoms with Crippen molar-refractivity contribution in [2.75, 3.05) is 25.5 Å². The van der Waals surface area contributed by atoms with Crippen LogP contribution in [-0.4, -0.2) is 68.0 Å². The number of nitrogens with one attached hydrogen (secondary N) is 1. The van der Waals surface area contributed by atoms with E-state index in [-0.39, 0.29) is 12.1 Å². The molecular weight excluding hydrogens is 342 g/mol. The van der Waals surface area contributed by atoms with E-state index in [9.17, 15) is 0 Å². The van der Waals surface area contributed by atoms with Crippen LogP contribution in [0.5, 0.6) is 0 Å². The van der Waals surface area contributed by atoms with Crippen LogP contribution in [0.25, 0.3) is 22.4 Å². The van der Waals surface area contributed by atoms with Crippen molar-refractivity contribution in [3.8, 4) is 11.4 Å². The Hall–Kier alpha value is -2.58. The van der Waals surface area contributed by atoms with E-state index in [0.29, 0.717) is 11.9 Å². The summed E-state index contributed by atoms with van der Waals surface area (Å²) in [7, 11) is 3.66. The number of anilines is 1. The maximum absolute atomic E-state index is 5.73. The molecule has 0 unspecified atom stereocenters. The third-order valence-electron chi connectivity index (χ3n) is 5.16. The average Bonchev–Trinajstić information content (AvgIpc) is 3.26. The van der Waals surface area contributed by atoms with Crippen LogP contribution in [0.2, 0.25) is 0 Å². The largest absolute Gasteiger partial charge is 0.378 e. The highest BCUT2D eigenvalue weighted by Crippen LogP contribution is 2.27. The molecule has 0 saturated carbocycles. The Bertz CT molecular complexity index is 924. The lowest BCUT2D eigenvalue weighted by molar-refractivity contribution is 0.0983. The molecule has 2 atom stereocenters. The number of fused-ring (bicyclic) bond motifs is 1. The van der Waals surface area contributed by atoms with Crippen molar-refractivity contribution in [1.82, 2.24) is 29.6 Å². The second-order valence-electron chi connectivity index (χ2n) is 7.22. The first-order valence-corrected chi connectivity index (χ1v) is 9.20. The van der Waals surface area contributed by atoms with Gasteiger partial charge in [0.1, 0.15) is 5.82 Å². The summed E-state index contributed by atoms with van der Waals surface area (Å²) in [5.74, 6) is 1.42. The minimum Gasteiger partial charge on any atom is -0.378 e. The van der Waals surface area contributed by atoms with Crippen molar-refractivity contribution >= 4 is 16.9 Å². The molecule has 3 aromatic heterocycles. The maximum Gasteiger partial charge on any atom is 0.165 e. The topological polar surface area (TPSA) is 81.0 Å². The van der Waals surface area contributed by atoms with Gasteiger partial charge in [0.2, 0.25) is 0 Å². The number of methoxy groups -OCH3 is 1. The second-order valence-corrected chi connectivity index (χ2v) is 7.22. The molecule has 0 aliphatic carbocycles. The van der Waals surface area contributed by atoms with E-state index in [2.05, 4.69) is 34.1 Å². The van der Waals surface area contributed by atoms with Crippen molar-refractivity contribution in [2.24, 2.45) is 7.05 Å². The molecule has 0 radical (unpaired) electrons. The molecular formula is C19H25N7O. The number of ether oxygens (including phenoxy) is 1. The van der Waals surface area contributed by atoms with Crippen LogP contribution in [-0.2, 0) is 11.8 Å². The standard InChI is InChI=1S/C19H25N7O/c1-12(2)26-10-15(16(11-26)27-4)22-18-14-9-21-25(3)19(14)24-17(23-18)13-6-5-7-20-8-13/h5-9,12,15-16H,10-11H2,1-4H3,(H,22,23,24)/t15-,16-/m0/s1. The van der Waals surface area contributed by atoms with E-state index in [1.54, 1.807) is 24.2 Å². The van der Waals surface area contributed by atoms with E-state index >= 15 is 0 Å². The van der Waals surface area contributed by atoms with Crippen molar-refractivity contribution in [1.29, 1.82) is 0 Å². The summed E-state index contributed by atoms with van der Waals surface area (Å²) < 4.78 is 7.50. The van der Waals surface area contributed by atoms with Crippen LogP contribution in [0, 0.1) is 0 Å². The summed E-state index contributed by atoms with van der Waals surface area (Å²) in [5.41, 5.74) is 1.67. The predicted octanol–water partition coefficient (Wildman–Crippen LogP) is 1.94. The van der Waals surface area contributed by atoms with Gasteiger partial charge in [0, 0.05) is 51.2 Å². The van der Waals surface area contributed by atoms with Gasteiger partial charge in [-0.15, -0.1) is 0 Å². The van der Waals surface area contributed by atoms with Crippen molar-refractivity contribution in [3.05, 3.63) is 30.7 Å². The van der Waals surface area contributed by atoms with Crippen LogP contribution in [0.4, 0.5) is 5.82 Å². The van der Waals surface area contributed by atoms with Gasteiger partial charge in [-0.05, 0) is 26.0 Å². The highest BCUT2D eigenvalue weighted by Gasteiger charge is 2.34. The summed E-state index contributed by atoms with van der Waals surface area (Å²) >= 11 is 0. The monoisotopic (exact) mass is 367 g/mol. The van der Waals surface area contributed by atoms with Crippen LogP contribution >= 0.6 is 0 Å². The first-order chi connectivity index (χ1) is 13.1. The number of hydrogen-bond donors (Lipinski definition) is 1. The second kappa shape index (κ2) is 7.21. The van der Waals surface area contributed by atoms with Crippen molar-refractivity contribution < 1.29 is 4.74 Å². The zero-order chi connectivity index (χ0) is 19.0. The number of likely N-dealkylation sites (tertiary alicyclic amines) is 1. The zero-order valence-electron chi connectivity index (χ0n) is 16.1. The van der Waals surface area contributed by atoms with E-state index in [0.717, 1.165) is 35.5 Å². The fourth-order valence-corrected chi connectivity index (χ4v) is 3.53. The van der Waals surface area contributed by atoms with Crippen LogP contribution in [0.3, 0.4) is 0 Å². The summed E-state index contributed by atoms with van der Waals surface area (Å²) in [5, 5.41) is 8.87. The van der Waals surface area contributed by atoms with Gasteiger partial charge in [-0.25, -0.2) is 9.97 Å². The van der Waals surface area contributed by atoms with Crippen molar-refractivity contribution in [2.45, 2.75) is 32.0 Å². The number of aromatic nitrogens is 5. The molecule has 0 bridgehead atoms. The summed E-state index contributed by atoms with van der Waals surface area (Å²) in [6.07, 6.45) is 5.43. The smallest absolute Gasteiger partial charge is 0.165 e. The molecule has 27 heavy (non-hydrogen) atoms. The Labute approximate surface area is 158 Å². The quantitative estimate of drug-likeness (QED) is 0.738. The lowest BCUT2D eigenvalue weighted by Crippen LogP contribution is -2.34. The summed E-state index contributed by atoms with van der Waals surface area (Å²) in [6.45, 7) is 6.23. The Balaban J connectivity index is 1.72. The highest BCUT2D eigenvalue weighted by atomic mass is 16.5. The van der Waals surface area contributed by atoms with Gasteiger partial charge in [-0.2, -0.15) is 5.10 Å². The first-order valence-electron chi connectivity index (χ1n) is 9.20. The Kier molecular flexibility index (Phi) is 4.75. The van der Waals surface area contributed by atoms with Gasteiger partial charge in [-0.1, -0.05) is 0 Å². The Morgan fingerprint density at radius 3 is 2.78 bits per heavy atom. The Morgan fingerprint density at radius 2 is 2.07 bits per heavy atom. The number of hydrogen-bond acceptors (Lipinski definition) is 7. The van der Waals surface area contributed by atoms with E-state index in [1.165, 1.54) is 0 Å². The fraction of sp³-hybridized carbons (Fsp3) is 0.474. The zero-order valence-corrected chi connectivity index (χ0v) is 16.1. The average molecular weight is 367 g/mol. The first kappa shape index (κ1) is 17.8. The predicted molar refractivity (Wildman–Crippen MR) is 104 cm³/mol. The third-order valence-corrected chi connectivity index (χ3v) is 5.16. The molecule has 0 spiro atoms. The summed E-state index contributed by atoms with van der Waals surface area (Å²) in [4.78, 5) is 16.1. The molecule has 1 N–H and O–H groups in total. The van der Waals surface area contributed by atoms with Gasteiger partial charge < -0.3 is 10.1 Å². The molecule has 0 aromatic carbocycles. The highest BCUT2D eigenvalue weighted by molar-refractivity contribution is 5.88.